The summed E-state index contributed by atoms with van der Waals surface area (Å²) >= 11 is 0. The molecule has 178 valence electrons. The largest absolute Gasteiger partial charge is 0.352 e. The van der Waals surface area contributed by atoms with Gasteiger partial charge in [0.2, 0.25) is 11.8 Å². The molecule has 0 heterocycles. The van der Waals surface area contributed by atoms with E-state index in [1.807, 2.05) is 88.4 Å². The molecule has 4 heteroatoms. The highest BCUT2D eigenvalue weighted by Crippen LogP contribution is 2.29. The quantitative estimate of drug-likeness (QED) is 0.416. The van der Waals surface area contributed by atoms with Crippen LogP contribution in [0.4, 0.5) is 0 Å². The lowest BCUT2D eigenvalue weighted by atomic mass is 9.88. The van der Waals surface area contributed by atoms with E-state index in [0.29, 0.717) is 13.0 Å². The minimum absolute atomic E-state index is 0.0370. The maximum Gasteiger partial charge on any atom is 0.242 e. The first-order valence-electron chi connectivity index (χ1n) is 12.1. The number of benzene rings is 3. The van der Waals surface area contributed by atoms with Crippen LogP contribution >= 0.6 is 0 Å². The van der Waals surface area contributed by atoms with Gasteiger partial charge in [0.1, 0.15) is 6.04 Å². The van der Waals surface area contributed by atoms with Crippen LogP contribution in [0.15, 0.2) is 84.9 Å². The van der Waals surface area contributed by atoms with Gasteiger partial charge in [-0.05, 0) is 43.9 Å². The monoisotopic (exact) mass is 456 g/mol. The van der Waals surface area contributed by atoms with Crippen molar-refractivity contribution in [2.24, 2.45) is 0 Å². The average Bonchev–Trinajstić information content (AvgIpc) is 2.87. The van der Waals surface area contributed by atoms with Crippen molar-refractivity contribution in [1.29, 1.82) is 0 Å². The summed E-state index contributed by atoms with van der Waals surface area (Å²) < 4.78 is 0. The Morgan fingerprint density at radius 2 is 1.35 bits per heavy atom. The van der Waals surface area contributed by atoms with E-state index in [-0.39, 0.29) is 23.8 Å². The lowest BCUT2D eigenvalue weighted by Gasteiger charge is -2.31. The number of aryl methyl sites for hydroxylation is 1. The summed E-state index contributed by atoms with van der Waals surface area (Å²) in [5.41, 5.74) is 4.36. The summed E-state index contributed by atoms with van der Waals surface area (Å²) in [4.78, 5) is 28.6. The highest BCUT2D eigenvalue weighted by Gasteiger charge is 2.29. The number of nitrogens with one attached hydrogen (secondary N) is 1. The number of rotatable bonds is 10. The fourth-order valence-electron chi connectivity index (χ4n) is 4.03. The number of carbonyl (C=O) groups is 2. The molecule has 0 aliphatic heterocycles. The zero-order chi connectivity index (χ0) is 24.5. The minimum atomic E-state index is -0.574. The molecule has 2 amide bonds. The fraction of sp³-hybridized carbons (Fsp3) is 0.333. The van der Waals surface area contributed by atoms with Crippen molar-refractivity contribution >= 4 is 11.8 Å². The van der Waals surface area contributed by atoms with E-state index in [9.17, 15) is 9.59 Å². The predicted octanol–water partition coefficient (Wildman–Crippen LogP) is 5.85. The second kappa shape index (κ2) is 12.2. The van der Waals surface area contributed by atoms with Crippen LogP contribution in [0, 0.1) is 6.92 Å². The van der Waals surface area contributed by atoms with Crippen LogP contribution in [0.3, 0.4) is 0 Å². The highest BCUT2D eigenvalue weighted by atomic mass is 16.2. The molecule has 3 aromatic carbocycles. The van der Waals surface area contributed by atoms with Crippen molar-refractivity contribution in [2.45, 2.75) is 65.1 Å². The Bertz CT molecular complexity index is 1010. The Kier molecular flexibility index (Phi) is 9.03. The van der Waals surface area contributed by atoms with Crippen molar-refractivity contribution in [3.63, 3.8) is 0 Å². The van der Waals surface area contributed by atoms with Crippen LogP contribution in [0.25, 0.3) is 0 Å². The van der Waals surface area contributed by atoms with Crippen molar-refractivity contribution in [3.05, 3.63) is 107 Å². The van der Waals surface area contributed by atoms with E-state index in [0.717, 1.165) is 28.7 Å². The van der Waals surface area contributed by atoms with Gasteiger partial charge in [0.25, 0.3) is 0 Å². The standard InChI is InChI=1S/C30H36N2O2/c1-5-23(3)31-30(34)24(4)32(21-25-18-16-22(2)17-19-25)29(33)20-28(26-12-8-6-9-13-26)27-14-10-7-11-15-27/h6-19,23-24,28H,5,20-21H2,1-4H3,(H,31,34)/t23-,24-/m1/s1. The van der Waals surface area contributed by atoms with Crippen molar-refractivity contribution in [1.82, 2.24) is 10.2 Å². The third-order valence-electron chi connectivity index (χ3n) is 6.42. The third-order valence-corrected chi connectivity index (χ3v) is 6.42. The molecule has 0 aliphatic rings. The maximum absolute atomic E-state index is 13.8. The molecule has 1 N–H and O–H groups in total. The fourth-order valence-corrected chi connectivity index (χ4v) is 4.03. The molecular weight excluding hydrogens is 420 g/mol. The zero-order valence-electron chi connectivity index (χ0n) is 20.7. The molecule has 3 aromatic rings. The first-order chi connectivity index (χ1) is 16.4. The van der Waals surface area contributed by atoms with Crippen molar-refractivity contribution in [3.8, 4) is 0 Å². The summed E-state index contributed by atoms with van der Waals surface area (Å²) in [5, 5.41) is 3.04. The van der Waals surface area contributed by atoms with Crippen molar-refractivity contribution in [2.75, 3.05) is 0 Å². The third kappa shape index (κ3) is 6.80. The van der Waals surface area contributed by atoms with Gasteiger partial charge in [0, 0.05) is 24.9 Å². The van der Waals surface area contributed by atoms with Gasteiger partial charge in [-0.15, -0.1) is 0 Å². The lowest BCUT2D eigenvalue weighted by molar-refractivity contribution is -0.141. The van der Waals surface area contributed by atoms with Gasteiger partial charge in [-0.25, -0.2) is 0 Å². The van der Waals surface area contributed by atoms with E-state index in [2.05, 4.69) is 29.6 Å². The van der Waals surface area contributed by atoms with Crippen molar-refractivity contribution < 1.29 is 9.59 Å². The highest BCUT2D eigenvalue weighted by molar-refractivity contribution is 5.88. The Labute approximate surface area is 204 Å². The van der Waals surface area contributed by atoms with Crippen LogP contribution in [-0.2, 0) is 16.1 Å². The number of nitrogens with zero attached hydrogens (tertiary/aromatic N) is 1. The Morgan fingerprint density at radius 1 is 0.824 bits per heavy atom. The predicted molar refractivity (Wildman–Crippen MR) is 138 cm³/mol. The van der Waals surface area contributed by atoms with Gasteiger partial charge in [-0.1, -0.05) is 97.4 Å². The Hall–Kier alpha value is -3.40. The van der Waals surface area contributed by atoms with Crippen LogP contribution < -0.4 is 5.32 Å². The topological polar surface area (TPSA) is 49.4 Å². The molecule has 0 bridgehead atoms. The molecule has 0 aromatic heterocycles. The molecule has 0 unspecified atom stereocenters. The van der Waals surface area contributed by atoms with E-state index < -0.39 is 6.04 Å². The molecule has 0 radical (unpaired) electrons. The summed E-state index contributed by atoms with van der Waals surface area (Å²) in [6.45, 7) is 8.28. The second-order valence-corrected chi connectivity index (χ2v) is 9.08. The molecule has 0 saturated carbocycles. The van der Waals surface area contributed by atoms with Crippen LogP contribution in [0.2, 0.25) is 0 Å². The lowest BCUT2D eigenvalue weighted by Crippen LogP contribution is -2.49. The van der Waals surface area contributed by atoms with Gasteiger partial charge in [0.15, 0.2) is 0 Å². The molecule has 4 nitrogen and oxygen atoms in total. The average molecular weight is 457 g/mol. The Morgan fingerprint density at radius 3 is 1.85 bits per heavy atom. The van der Waals surface area contributed by atoms with Crippen LogP contribution in [0.5, 0.6) is 0 Å². The van der Waals surface area contributed by atoms with Gasteiger partial charge in [-0.2, -0.15) is 0 Å². The molecule has 34 heavy (non-hydrogen) atoms. The van der Waals surface area contributed by atoms with Gasteiger partial charge in [-0.3, -0.25) is 9.59 Å². The molecule has 2 atom stereocenters. The molecule has 0 fully saturated rings. The smallest absolute Gasteiger partial charge is 0.242 e. The molecule has 0 spiro atoms. The van der Waals surface area contributed by atoms with Crippen LogP contribution in [0.1, 0.15) is 61.8 Å². The maximum atomic E-state index is 13.8. The summed E-state index contributed by atoms with van der Waals surface area (Å²) in [6, 6.07) is 27.9. The van der Waals surface area contributed by atoms with E-state index in [1.54, 1.807) is 4.90 Å². The second-order valence-electron chi connectivity index (χ2n) is 9.08. The van der Waals surface area contributed by atoms with E-state index in [4.69, 9.17) is 0 Å². The normalized spacial score (nSPS) is 12.7. The van der Waals surface area contributed by atoms with Crippen LogP contribution in [-0.4, -0.2) is 28.8 Å². The zero-order valence-corrected chi connectivity index (χ0v) is 20.7. The van der Waals surface area contributed by atoms with Gasteiger partial charge < -0.3 is 10.2 Å². The number of amides is 2. The summed E-state index contributed by atoms with van der Waals surface area (Å²) in [6.07, 6.45) is 1.13. The van der Waals surface area contributed by atoms with Gasteiger partial charge >= 0.3 is 0 Å². The van der Waals surface area contributed by atoms with E-state index >= 15 is 0 Å². The minimum Gasteiger partial charge on any atom is -0.352 e. The number of hydrogen-bond donors (Lipinski definition) is 1. The molecule has 3 rings (SSSR count). The summed E-state index contributed by atoms with van der Waals surface area (Å²) in [5.74, 6) is -0.240. The molecule has 0 aliphatic carbocycles. The first-order valence-corrected chi connectivity index (χ1v) is 12.1. The number of hydrogen-bond acceptors (Lipinski definition) is 2. The van der Waals surface area contributed by atoms with E-state index in [1.165, 1.54) is 0 Å². The molecular formula is C30H36N2O2. The Balaban J connectivity index is 1.90. The molecule has 0 saturated heterocycles. The summed E-state index contributed by atoms with van der Waals surface area (Å²) in [7, 11) is 0. The SMILES string of the molecule is CC[C@@H](C)NC(=O)[C@@H](C)N(Cc1ccc(C)cc1)C(=O)CC(c1ccccc1)c1ccccc1. The first kappa shape index (κ1) is 25.2. The number of carbonyl (C=O) groups excluding carboxylic acids is 2. The van der Waals surface area contributed by atoms with Gasteiger partial charge in [0.05, 0.1) is 0 Å².